The van der Waals surface area contributed by atoms with Gasteiger partial charge < -0.3 is 10.2 Å². The molecule has 5 heteroatoms. The van der Waals surface area contributed by atoms with Crippen LogP contribution >= 0.6 is 23.4 Å². The van der Waals surface area contributed by atoms with Crippen LogP contribution in [-0.2, 0) is 4.79 Å². The molecule has 2 unspecified atom stereocenters. The Balaban J connectivity index is 1.44. The van der Waals surface area contributed by atoms with Crippen LogP contribution in [0, 0.1) is 0 Å². The number of nitrogens with one attached hydrogen (secondary N) is 1. The molecule has 2 fully saturated rings. The van der Waals surface area contributed by atoms with Gasteiger partial charge in [0.2, 0.25) is 5.91 Å². The fourth-order valence-corrected chi connectivity index (χ4v) is 4.48. The summed E-state index contributed by atoms with van der Waals surface area (Å²) in [6.07, 6.45) is 5.38. The molecule has 2 bridgehead atoms. The van der Waals surface area contributed by atoms with Gasteiger partial charge in [0, 0.05) is 47.3 Å². The minimum absolute atomic E-state index is 0.271. The Morgan fingerprint density at radius 2 is 1.91 bits per heavy atom. The van der Waals surface area contributed by atoms with Gasteiger partial charge >= 0.3 is 0 Å². The van der Waals surface area contributed by atoms with Crippen LogP contribution in [-0.4, -0.2) is 41.7 Å². The number of carbonyl (C=O) groups excluding carboxylic acids is 1. The summed E-state index contributed by atoms with van der Waals surface area (Å²) < 4.78 is 0. The van der Waals surface area contributed by atoms with Crippen LogP contribution in [0.3, 0.4) is 0 Å². The van der Waals surface area contributed by atoms with Crippen LogP contribution in [0.1, 0.15) is 32.1 Å². The molecule has 2 aliphatic rings. The van der Waals surface area contributed by atoms with E-state index in [1.807, 2.05) is 36.2 Å². The fraction of sp³-hybridized carbons (Fsp3) is 0.588. The zero-order chi connectivity index (χ0) is 15.5. The standard InChI is InChI=1S/C17H23ClN2OS/c1-20(15-10-13-4-5-14(11-15)19-13)17(21)8-9-22-16-6-2-12(18)3-7-16/h2-3,6-7,13-15,19H,4-5,8-11H2,1H3. The van der Waals surface area contributed by atoms with Crippen LogP contribution in [0.2, 0.25) is 5.02 Å². The zero-order valence-corrected chi connectivity index (χ0v) is 14.5. The van der Waals surface area contributed by atoms with Crippen molar-refractivity contribution in [1.82, 2.24) is 10.2 Å². The predicted octanol–water partition coefficient (Wildman–Crippen LogP) is 3.56. The van der Waals surface area contributed by atoms with E-state index in [2.05, 4.69) is 5.32 Å². The first-order chi connectivity index (χ1) is 10.6. The molecule has 3 nitrogen and oxygen atoms in total. The molecule has 1 aromatic carbocycles. The molecule has 0 saturated carbocycles. The number of hydrogen-bond acceptors (Lipinski definition) is 3. The average molecular weight is 339 g/mol. The van der Waals surface area contributed by atoms with Crippen molar-refractivity contribution in [2.24, 2.45) is 0 Å². The summed E-state index contributed by atoms with van der Waals surface area (Å²) in [6, 6.07) is 9.47. The van der Waals surface area contributed by atoms with Crippen LogP contribution in [0.4, 0.5) is 0 Å². The predicted molar refractivity (Wildman–Crippen MR) is 92.5 cm³/mol. The Morgan fingerprint density at radius 3 is 2.55 bits per heavy atom. The Kier molecular flexibility index (Phi) is 5.32. The molecule has 0 spiro atoms. The summed E-state index contributed by atoms with van der Waals surface area (Å²) in [6.45, 7) is 0. The first-order valence-electron chi connectivity index (χ1n) is 8.02. The summed E-state index contributed by atoms with van der Waals surface area (Å²) in [4.78, 5) is 15.6. The third-order valence-electron chi connectivity index (χ3n) is 4.79. The van der Waals surface area contributed by atoms with Crippen molar-refractivity contribution in [3.63, 3.8) is 0 Å². The van der Waals surface area contributed by atoms with Crippen LogP contribution in [0.25, 0.3) is 0 Å². The summed E-state index contributed by atoms with van der Waals surface area (Å²) in [5.41, 5.74) is 0. The second kappa shape index (κ2) is 7.24. The second-order valence-electron chi connectivity index (χ2n) is 6.32. The third-order valence-corrected chi connectivity index (χ3v) is 6.05. The fourth-order valence-electron chi connectivity index (χ4n) is 3.51. The van der Waals surface area contributed by atoms with Crippen LogP contribution in [0.5, 0.6) is 0 Å². The maximum Gasteiger partial charge on any atom is 0.223 e. The van der Waals surface area contributed by atoms with Gasteiger partial charge in [0.1, 0.15) is 0 Å². The Morgan fingerprint density at radius 1 is 1.27 bits per heavy atom. The minimum atomic E-state index is 0.271. The molecule has 0 aromatic heterocycles. The number of hydrogen-bond donors (Lipinski definition) is 1. The van der Waals surface area contributed by atoms with Gasteiger partial charge in [-0.3, -0.25) is 4.79 Å². The molecule has 1 amide bonds. The van der Waals surface area contributed by atoms with Crippen molar-refractivity contribution in [1.29, 1.82) is 0 Å². The molecular formula is C17H23ClN2OS. The van der Waals surface area contributed by atoms with Crippen molar-refractivity contribution in [2.45, 2.75) is 55.1 Å². The van der Waals surface area contributed by atoms with Gasteiger partial charge in [-0.05, 0) is 49.9 Å². The lowest BCUT2D eigenvalue weighted by molar-refractivity contribution is -0.132. The number of amides is 1. The quantitative estimate of drug-likeness (QED) is 0.833. The molecule has 1 N–H and O–H groups in total. The van der Waals surface area contributed by atoms with Gasteiger partial charge in [-0.15, -0.1) is 11.8 Å². The second-order valence-corrected chi connectivity index (χ2v) is 7.92. The van der Waals surface area contributed by atoms with E-state index in [0.717, 1.165) is 23.6 Å². The first kappa shape index (κ1) is 16.2. The lowest BCUT2D eigenvalue weighted by Gasteiger charge is -2.35. The highest BCUT2D eigenvalue weighted by atomic mass is 35.5. The number of thioether (sulfide) groups is 1. The Labute approximate surface area is 141 Å². The third kappa shape index (κ3) is 3.98. The largest absolute Gasteiger partial charge is 0.343 e. The molecule has 1 aromatic rings. The first-order valence-corrected chi connectivity index (χ1v) is 9.38. The Hall–Kier alpha value is -0.710. The number of carbonyl (C=O) groups is 1. The number of nitrogens with zero attached hydrogens (tertiary/aromatic N) is 1. The molecular weight excluding hydrogens is 316 g/mol. The van der Waals surface area contributed by atoms with Crippen LogP contribution in [0.15, 0.2) is 29.2 Å². The molecule has 2 saturated heterocycles. The van der Waals surface area contributed by atoms with Gasteiger partial charge in [0.25, 0.3) is 0 Å². The number of halogens is 1. The van der Waals surface area contributed by atoms with Crippen molar-refractivity contribution < 1.29 is 4.79 Å². The van der Waals surface area contributed by atoms with E-state index < -0.39 is 0 Å². The molecule has 2 atom stereocenters. The van der Waals surface area contributed by atoms with Crippen molar-refractivity contribution in [2.75, 3.05) is 12.8 Å². The van der Waals surface area contributed by atoms with E-state index in [1.165, 1.54) is 17.7 Å². The lowest BCUT2D eigenvalue weighted by Crippen LogP contribution is -2.48. The monoisotopic (exact) mass is 338 g/mol. The van der Waals surface area contributed by atoms with E-state index in [4.69, 9.17) is 11.6 Å². The molecule has 0 radical (unpaired) electrons. The lowest BCUT2D eigenvalue weighted by atomic mass is 9.98. The van der Waals surface area contributed by atoms with Gasteiger partial charge in [0.15, 0.2) is 0 Å². The molecule has 22 heavy (non-hydrogen) atoms. The minimum Gasteiger partial charge on any atom is -0.343 e. The smallest absolute Gasteiger partial charge is 0.223 e. The van der Waals surface area contributed by atoms with E-state index in [-0.39, 0.29) is 5.91 Å². The Bertz CT molecular complexity index is 510. The number of fused-ring (bicyclic) bond motifs is 2. The SMILES string of the molecule is CN(C(=O)CCSc1ccc(Cl)cc1)C1CC2CCC(C1)N2. The van der Waals surface area contributed by atoms with Crippen molar-refractivity contribution >= 4 is 29.3 Å². The van der Waals surface area contributed by atoms with E-state index >= 15 is 0 Å². The molecule has 2 aliphatic heterocycles. The summed E-state index contributed by atoms with van der Waals surface area (Å²) in [5.74, 6) is 1.09. The highest BCUT2D eigenvalue weighted by Gasteiger charge is 2.36. The maximum atomic E-state index is 12.4. The van der Waals surface area contributed by atoms with E-state index in [9.17, 15) is 4.79 Å². The highest BCUT2D eigenvalue weighted by Crippen LogP contribution is 2.29. The topological polar surface area (TPSA) is 32.3 Å². The van der Waals surface area contributed by atoms with Crippen molar-refractivity contribution in [3.8, 4) is 0 Å². The highest BCUT2D eigenvalue weighted by molar-refractivity contribution is 7.99. The number of benzene rings is 1. The van der Waals surface area contributed by atoms with Gasteiger partial charge in [-0.2, -0.15) is 0 Å². The maximum absolute atomic E-state index is 12.4. The van der Waals surface area contributed by atoms with Gasteiger partial charge in [-0.1, -0.05) is 11.6 Å². The number of rotatable bonds is 5. The van der Waals surface area contributed by atoms with Crippen molar-refractivity contribution in [3.05, 3.63) is 29.3 Å². The molecule has 0 aliphatic carbocycles. The molecule has 3 rings (SSSR count). The number of piperidine rings is 1. The average Bonchev–Trinajstić information content (AvgIpc) is 2.86. The van der Waals surface area contributed by atoms with Gasteiger partial charge in [0.05, 0.1) is 0 Å². The van der Waals surface area contributed by atoms with E-state index in [0.29, 0.717) is 24.5 Å². The zero-order valence-electron chi connectivity index (χ0n) is 12.9. The molecule has 120 valence electrons. The summed E-state index contributed by atoms with van der Waals surface area (Å²) in [7, 11) is 1.98. The van der Waals surface area contributed by atoms with E-state index in [1.54, 1.807) is 11.8 Å². The summed E-state index contributed by atoms with van der Waals surface area (Å²) >= 11 is 7.59. The van der Waals surface area contributed by atoms with Crippen LogP contribution < -0.4 is 5.32 Å². The normalized spacial score (nSPS) is 26.9. The molecule has 2 heterocycles. The summed E-state index contributed by atoms with van der Waals surface area (Å²) in [5, 5.41) is 4.38. The van der Waals surface area contributed by atoms with Gasteiger partial charge in [-0.25, -0.2) is 0 Å².